The summed E-state index contributed by atoms with van der Waals surface area (Å²) in [5, 5.41) is 26.6. The first-order valence-electron chi connectivity index (χ1n) is 10.7. The van der Waals surface area contributed by atoms with Crippen LogP contribution in [0.25, 0.3) is 0 Å². The quantitative estimate of drug-likeness (QED) is 0.0470. The van der Waals surface area contributed by atoms with Gasteiger partial charge in [-0.2, -0.15) is 12.6 Å². The molecule has 0 saturated heterocycles. The van der Waals surface area contributed by atoms with E-state index in [-0.39, 0.29) is 37.5 Å². The molecule has 0 aliphatic carbocycles. The predicted molar refractivity (Wildman–Crippen MR) is 129 cm³/mol. The molecular weight excluding hydrogens is 482 g/mol. The maximum Gasteiger partial charge on any atom is 0.326 e. The number of aliphatic carboxylic acids is 1. The number of carboxylic acid groups (broad SMARTS) is 1. The van der Waals surface area contributed by atoms with Crippen LogP contribution in [-0.2, 0) is 25.6 Å². The third-order valence-corrected chi connectivity index (χ3v) is 5.16. The molecule has 0 bridgehead atoms. The molecule has 3 amide bonds. The van der Waals surface area contributed by atoms with Gasteiger partial charge in [0.1, 0.15) is 18.1 Å². The summed E-state index contributed by atoms with van der Waals surface area (Å²) >= 11 is 3.92. The summed E-state index contributed by atoms with van der Waals surface area (Å²) in [5.74, 6) is -3.82. The zero-order valence-electron chi connectivity index (χ0n) is 19.2. The molecule has 5 atom stereocenters. The smallest absolute Gasteiger partial charge is 0.326 e. The van der Waals surface area contributed by atoms with Crippen molar-refractivity contribution in [3.05, 3.63) is 18.2 Å². The molecule has 1 aromatic heterocycles. The van der Waals surface area contributed by atoms with Gasteiger partial charge in [-0.25, -0.2) is 9.78 Å². The number of H-pyrrole nitrogens is 1. The zero-order chi connectivity index (χ0) is 26.5. The molecular formula is C19H33N9O6S. The van der Waals surface area contributed by atoms with Crippen LogP contribution in [0.2, 0.25) is 0 Å². The third kappa shape index (κ3) is 10.6. The Morgan fingerprint density at radius 3 is 2.31 bits per heavy atom. The molecule has 0 aliphatic heterocycles. The Morgan fingerprint density at radius 2 is 1.80 bits per heavy atom. The maximum atomic E-state index is 13.0. The van der Waals surface area contributed by atoms with E-state index in [4.69, 9.17) is 17.2 Å². The third-order valence-electron chi connectivity index (χ3n) is 4.77. The molecule has 35 heavy (non-hydrogen) atoms. The molecule has 12 N–H and O–H groups in total. The summed E-state index contributed by atoms with van der Waals surface area (Å²) in [6.45, 7) is 1.44. The molecule has 0 aliphatic rings. The van der Waals surface area contributed by atoms with Crippen molar-refractivity contribution >= 4 is 42.3 Å². The van der Waals surface area contributed by atoms with Crippen LogP contribution >= 0.6 is 12.6 Å². The van der Waals surface area contributed by atoms with Crippen molar-refractivity contribution in [3.63, 3.8) is 0 Å². The van der Waals surface area contributed by atoms with Crippen LogP contribution in [0.4, 0.5) is 0 Å². The number of hydrogen-bond acceptors (Lipinski definition) is 9. The number of nitrogens with one attached hydrogen (secondary N) is 4. The number of carbonyl (C=O) groups excluding carboxylic acids is 3. The van der Waals surface area contributed by atoms with E-state index in [1.165, 1.54) is 19.4 Å². The van der Waals surface area contributed by atoms with Crippen molar-refractivity contribution < 1.29 is 29.4 Å². The number of imidazole rings is 1. The number of aromatic nitrogens is 2. The number of hydrogen-bond donors (Lipinski definition) is 10. The van der Waals surface area contributed by atoms with Gasteiger partial charge in [0.2, 0.25) is 17.7 Å². The number of aliphatic hydroxyl groups excluding tert-OH is 1. The lowest BCUT2D eigenvalue weighted by Gasteiger charge is -2.26. The van der Waals surface area contributed by atoms with E-state index in [1.807, 2.05) is 0 Å². The van der Waals surface area contributed by atoms with Crippen LogP contribution in [-0.4, -0.2) is 92.4 Å². The number of aliphatic imine (C=N–C) groups is 1. The molecule has 1 rings (SSSR count). The molecule has 0 fully saturated rings. The van der Waals surface area contributed by atoms with Gasteiger partial charge >= 0.3 is 5.97 Å². The number of aromatic amines is 1. The monoisotopic (exact) mass is 515 g/mol. The fourth-order valence-electron chi connectivity index (χ4n) is 2.87. The Balaban J connectivity index is 2.99. The van der Waals surface area contributed by atoms with E-state index in [1.54, 1.807) is 0 Å². The summed E-state index contributed by atoms with van der Waals surface area (Å²) in [6.07, 6.45) is 1.69. The van der Waals surface area contributed by atoms with Gasteiger partial charge < -0.3 is 48.3 Å². The Hall–Kier alpha value is -3.37. The van der Waals surface area contributed by atoms with E-state index in [2.05, 4.69) is 43.5 Å². The van der Waals surface area contributed by atoms with Crippen LogP contribution in [0.5, 0.6) is 0 Å². The van der Waals surface area contributed by atoms with Crippen LogP contribution < -0.4 is 33.2 Å². The van der Waals surface area contributed by atoms with Gasteiger partial charge in [0.15, 0.2) is 5.96 Å². The van der Waals surface area contributed by atoms with Gasteiger partial charge in [-0.1, -0.05) is 0 Å². The number of rotatable bonds is 15. The standard InChI is InChI=1S/C19H33N9O6S/c1-9(29)14(28-15(30)11(20)7-35)17(32)27-13(5-10-6-23-8-25-10)16(31)26-12(18(33)34)3-2-4-24-19(21)22/h6,8-9,11-14,29,35H,2-5,7,20H2,1H3,(H,23,25)(H,26,31)(H,27,32)(H,28,30)(H,33,34)(H4,21,22,24). The molecule has 1 heterocycles. The first-order valence-corrected chi connectivity index (χ1v) is 11.3. The molecule has 5 unspecified atom stereocenters. The fourth-order valence-corrected chi connectivity index (χ4v) is 3.03. The van der Waals surface area contributed by atoms with Crippen molar-refractivity contribution in [1.29, 1.82) is 0 Å². The van der Waals surface area contributed by atoms with E-state index in [0.717, 1.165) is 0 Å². The number of guanidine groups is 1. The van der Waals surface area contributed by atoms with Gasteiger partial charge in [0.25, 0.3) is 0 Å². The minimum absolute atomic E-state index is 0.00456. The summed E-state index contributed by atoms with van der Waals surface area (Å²) < 4.78 is 0. The van der Waals surface area contributed by atoms with Crippen LogP contribution in [0.1, 0.15) is 25.5 Å². The molecule has 16 heteroatoms. The second kappa shape index (κ2) is 14.8. The number of amides is 3. The predicted octanol–water partition coefficient (Wildman–Crippen LogP) is -3.82. The summed E-state index contributed by atoms with van der Waals surface area (Å²) in [6, 6.07) is -5.00. The van der Waals surface area contributed by atoms with Crippen molar-refractivity contribution in [1.82, 2.24) is 25.9 Å². The Bertz CT molecular complexity index is 876. The van der Waals surface area contributed by atoms with Crippen LogP contribution in [0.15, 0.2) is 17.5 Å². The van der Waals surface area contributed by atoms with E-state index >= 15 is 0 Å². The number of carbonyl (C=O) groups is 4. The zero-order valence-corrected chi connectivity index (χ0v) is 20.1. The summed E-state index contributed by atoms with van der Waals surface area (Å²) in [4.78, 5) is 60.0. The van der Waals surface area contributed by atoms with Crippen LogP contribution in [0.3, 0.4) is 0 Å². The number of nitrogens with two attached hydrogens (primary N) is 3. The number of carboxylic acids is 1. The van der Waals surface area contributed by atoms with E-state index < -0.39 is 54.0 Å². The highest BCUT2D eigenvalue weighted by molar-refractivity contribution is 7.80. The molecule has 15 nitrogen and oxygen atoms in total. The van der Waals surface area contributed by atoms with Crippen LogP contribution in [0, 0.1) is 0 Å². The molecule has 1 aromatic rings. The van der Waals surface area contributed by atoms with E-state index in [0.29, 0.717) is 5.69 Å². The van der Waals surface area contributed by atoms with Crippen molar-refractivity contribution in [2.24, 2.45) is 22.2 Å². The number of nitrogens with zero attached hydrogens (tertiary/aromatic N) is 2. The van der Waals surface area contributed by atoms with Crippen molar-refractivity contribution in [2.45, 2.75) is 56.5 Å². The highest BCUT2D eigenvalue weighted by Gasteiger charge is 2.32. The van der Waals surface area contributed by atoms with Gasteiger partial charge in [0, 0.05) is 30.6 Å². The lowest BCUT2D eigenvalue weighted by molar-refractivity contribution is -0.142. The average Bonchev–Trinajstić information content (AvgIpc) is 3.30. The van der Waals surface area contributed by atoms with E-state index in [9.17, 15) is 29.4 Å². The number of thiol groups is 1. The average molecular weight is 516 g/mol. The minimum Gasteiger partial charge on any atom is -0.480 e. The first kappa shape index (κ1) is 29.7. The molecule has 0 saturated carbocycles. The van der Waals surface area contributed by atoms with Gasteiger partial charge in [0.05, 0.1) is 18.5 Å². The van der Waals surface area contributed by atoms with Gasteiger partial charge in [-0.05, 0) is 19.8 Å². The molecule has 0 radical (unpaired) electrons. The molecule has 0 spiro atoms. The summed E-state index contributed by atoms with van der Waals surface area (Å²) in [5.41, 5.74) is 16.6. The first-order chi connectivity index (χ1) is 16.5. The van der Waals surface area contributed by atoms with Crippen molar-refractivity contribution in [3.8, 4) is 0 Å². The lowest BCUT2D eigenvalue weighted by Crippen LogP contribution is -2.60. The Kier molecular flexibility index (Phi) is 12.5. The Morgan fingerprint density at radius 1 is 1.14 bits per heavy atom. The fraction of sp³-hybridized carbons (Fsp3) is 0.579. The summed E-state index contributed by atoms with van der Waals surface area (Å²) in [7, 11) is 0. The van der Waals surface area contributed by atoms with Gasteiger partial charge in [-0.3, -0.25) is 19.4 Å². The normalized spacial score (nSPS) is 15.1. The topological polar surface area (TPSA) is 264 Å². The minimum atomic E-state index is -1.43. The Labute approximate surface area is 207 Å². The molecule has 0 aromatic carbocycles. The SMILES string of the molecule is CC(O)C(NC(=O)C(N)CS)C(=O)NC(Cc1cnc[nH]1)C(=O)NC(CCCN=C(N)N)C(=O)O. The number of aliphatic hydroxyl groups is 1. The lowest BCUT2D eigenvalue weighted by atomic mass is 10.1. The van der Waals surface area contributed by atoms with Crippen molar-refractivity contribution in [2.75, 3.05) is 12.3 Å². The van der Waals surface area contributed by atoms with Gasteiger partial charge in [-0.15, -0.1) is 0 Å². The molecule has 196 valence electrons. The highest BCUT2D eigenvalue weighted by Crippen LogP contribution is 2.05. The highest BCUT2D eigenvalue weighted by atomic mass is 32.1. The second-order valence-corrected chi connectivity index (χ2v) is 8.07. The second-order valence-electron chi connectivity index (χ2n) is 7.71. The largest absolute Gasteiger partial charge is 0.480 e. The maximum absolute atomic E-state index is 13.0.